The summed E-state index contributed by atoms with van der Waals surface area (Å²) in [5.41, 5.74) is 0.740. The molecular weight excluding hydrogens is 228 g/mol. The van der Waals surface area contributed by atoms with Gasteiger partial charge in [-0.05, 0) is 29.6 Å². The number of aliphatic imine (C=N–C) groups is 1. The highest BCUT2D eigenvalue weighted by molar-refractivity contribution is 8.13. The van der Waals surface area contributed by atoms with E-state index in [9.17, 15) is 0 Å². The Hall–Kier alpha value is -0.180. The van der Waals surface area contributed by atoms with Crippen molar-refractivity contribution >= 4 is 16.9 Å². The van der Waals surface area contributed by atoms with Crippen LogP contribution in [0, 0.1) is 16.7 Å². The summed E-state index contributed by atoms with van der Waals surface area (Å²) in [7, 11) is 0. The van der Waals surface area contributed by atoms with E-state index in [0.717, 1.165) is 12.0 Å². The lowest BCUT2D eigenvalue weighted by molar-refractivity contribution is 0.457. The molecule has 0 aromatic heterocycles. The molecule has 0 aromatic rings. The normalized spacial score (nSPS) is 41.1. The van der Waals surface area contributed by atoms with Gasteiger partial charge in [0.15, 0.2) is 5.17 Å². The Morgan fingerprint density at radius 3 is 2.53 bits per heavy atom. The molecule has 2 saturated carbocycles. The molecule has 1 heterocycles. The summed E-state index contributed by atoms with van der Waals surface area (Å²) >= 11 is 1.95. The first-order valence-corrected chi connectivity index (χ1v) is 7.88. The largest absolute Gasteiger partial charge is 0.362 e. The summed E-state index contributed by atoms with van der Waals surface area (Å²) in [6.45, 7) is 9.36. The van der Waals surface area contributed by atoms with Crippen LogP contribution in [0.4, 0.5) is 0 Å². The van der Waals surface area contributed by atoms with Crippen molar-refractivity contribution in [3.63, 3.8) is 0 Å². The molecule has 2 nitrogen and oxygen atoms in total. The lowest BCUT2D eigenvalue weighted by Crippen LogP contribution is -2.41. The number of nitrogens with zero attached hydrogens (tertiary/aromatic N) is 1. The zero-order valence-corrected chi connectivity index (χ0v) is 12.2. The van der Waals surface area contributed by atoms with Gasteiger partial charge in [0.2, 0.25) is 0 Å². The summed E-state index contributed by atoms with van der Waals surface area (Å²) < 4.78 is 0. The van der Waals surface area contributed by atoms with E-state index in [0.29, 0.717) is 16.9 Å². The summed E-state index contributed by atoms with van der Waals surface area (Å²) in [6, 6.07) is 1.22. The molecule has 96 valence electrons. The molecule has 2 unspecified atom stereocenters. The Morgan fingerprint density at radius 2 is 1.88 bits per heavy atom. The minimum Gasteiger partial charge on any atom is -0.362 e. The van der Waals surface area contributed by atoms with E-state index in [1.807, 2.05) is 11.8 Å². The smallest absolute Gasteiger partial charge is 0.157 e. The second-order valence-corrected chi connectivity index (χ2v) is 8.04. The van der Waals surface area contributed by atoms with Gasteiger partial charge < -0.3 is 5.32 Å². The van der Waals surface area contributed by atoms with Crippen LogP contribution in [-0.2, 0) is 0 Å². The van der Waals surface area contributed by atoms with Crippen LogP contribution in [0.3, 0.4) is 0 Å². The van der Waals surface area contributed by atoms with Crippen molar-refractivity contribution in [2.45, 2.75) is 59.0 Å². The number of thioether (sulfide) groups is 1. The molecule has 3 aliphatic rings. The summed E-state index contributed by atoms with van der Waals surface area (Å²) in [5, 5.41) is 4.89. The lowest BCUT2D eigenvalue weighted by atomic mass is 10.0. The molecular formula is C14H24N2S. The summed E-state index contributed by atoms with van der Waals surface area (Å²) in [5.74, 6) is 2.18. The lowest BCUT2D eigenvalue weighted by Gasteiger charge is -2.28. The molecule has 3 fully saturated rings. The zero-order chi connectivity index (χ0) is 12.3. The van der Waals surface area contributed by atoms with Crippen LogP contribution in [-0.4, -0.2) is 23.0 Å². The molecule has 3 rings (SSSR count). The molecule has 0 amide bonds. The topological polar surface area (TPSA) is 24.4 Å². The molecule has 0 radical (unpaired) electrons. The third-order valence-electron chi connectivity index (χ3n) is 5.59. The van der Waals surface area contributed by atoms with Gasteiger partial charge in [-0.2, -0.15) is 0 Å². The average molecular weight is 252 g/mol. The van der Waals surface area contributed by atoms with Crippen LogP contribution in [0.15, 0.2) is 4.99 Å². The number of fused-ring (bicyclic) bond motifs is 1. The average Bonchev–Trinajstić information content (AvgIpc) is 2.67. The fraction of sp³-hybridized carbons (Fsp3) is 0.929. The maximum Gasteiger partial charge on any atom is 0.157 e. The van der Waals surface area contributed by atoms with Crippen LogP contribution >= 0.6 is 11.8 Å². The van der Waals surface area contributed by atoms with Crippen molar-refractivity contribution in [3.05, 3.63) is 0 Å². The molecule has 1 aliphatic heterocycles. The third-order valence-corrected chi connectivity index (χ3v) is 6.68. The van der Waals surface area contributed by atoms with Crippen LogP contribution in [0.25, 0.3) is 0 Å². The monoisotopic (exact) mass is 252 g/mol. The van der Waals surface area contributed by atoms with Gasteiger partial charge in [0.1, 0.15) is 0 Å². The molecule has 1 saturated heterocycles. The fourth-order valence-electron chi connectivity index (χ4n) is 3.49. The minimum absolute atomic E-state index is 0.370. The standard InChI is InChI=1S/C14H24N2S/c1-13(2)11(14(13,3)4)16-12-15-10-7-5-6-9(10)8-17-12/h9-11H,5-8H2,1-4H3,(H,15,16). The van der Waals surface area contributed by atoms with Crippen LogP contribution in [0.5, 0.6) is 0 Å². The van der Waals surface area contributed by atoms with E-state index in [4.69, 9.17) is 4.99 Å². The quantitative estimate of drug-likeness (QED) is 0.774. The van der Waals surface area contributed by atoms with Crippen molar-refractivity contribution in [3.8, 4) is 0 Å². The number of nitrogens with one attached hydrogen (secondary N) is 1. The van der Waals surface area contributed by atoms with Crippen molar-refractivity contribution in [1.82, 2.24) is 5.32 Å². The first kappa shape index (κ1) is 11.9. The Balaban J connectivity index is 1.70. The molecule has 1 N–H and O–H groups in total. The molecule has 0 bridgehead atoms. The second kappa shape index (κ2) is 3.66. The fourth-order valence-corrected chi connectivity index (χ4v) is 4.67. The van der Waals surface area contributed by atoms with Crippen molar-refractivity contribution in [2.75, 3.05) is 5.75 Å². The van der Waals surface area contributed by atoms with Gasteiger partial charge in [-0.1, -0.05) is 45.9 Å². The number of hydrogen-bond donors (Lipinski definition) is 1. The number of amidine groups is 1. The first-order valence-electron chi connectivity index (χ1n) is 6.90. The highest BCUT2D eigenvalue weighted by Gasteiger charge is 2.65. The van der Waals surface area contributed by atoms with Crippen LogP contribution < -0.4 is 5.32 Å². The van der Waals surface area contributed by atoms with Crippen LogP contribution in [0.1, 0.15) is 47.0 Å². The first-order chi connectivity index (χ1) is 7.93. The Kier molecular flexibility index (Phi) is 2.56. The van der Waals surface area contributed by atoms with Gasteiger partial charge >= 0.3 is 0 Å². The van der Waals surface area contributed by atoms with Gasteiger partial charge in [0, 0.05) is 11.8 Å². The molecule has 0 spiro atoms. The van der Waals surface area contributed by atoms with Crippen molar-refractivity contribution < 1.29 is 0 Å². The number of rotatable bonds is 1. The van der Waals surface area contributed by atoms with E-state index in [-0.39, 0.29) is 0 Å². The van der Waals surface area contributed by atoms with E-state index in [2.05, 4.69) is 33.0 Å². The van der Waals surface area contributed by atoms with Crippen LogP contribution in [0.2, 0.25) is 0 Å². The van der Waals surface area contributed by atoms with E-state index >= 15 is 0 Å². The van der Waals surface area contributed by atoms with Crippen molar-refractivity contribution in [2.24, 2.45) is 21.7 Å². The van der Waals surface area contributed by atoms with E-state index in [1.54, 1.807) is 0 Å². The van der Waals surface area contributed by atoms with Gasteiger partial charge in [-0.3, -0.25) is 4.99 Å². The summed E-state index contributed by atoms with van der Waals surface area (Å²) in [4.78, 5) is 4.98. The predicted octanol–water partition coefficient (Wildman–Crippen LogP) is 3.28. The molecule has 3 heteroatoms. The van der Waals surface area contributed by atoms with Gasteiger partial charge in [-0.25, -0.2) is 0 Å². The third kappa shape index (κ3) is 1.73. The van der Waals surface area contributed by atoms with Gasteiger partial charge in [0.25, 0.3) is 0 Å². The molecule has 17 heavy (non-hydrogen) atoms. The Morgan fingerprint density at radius 1 is 1.18 bits per heavy atom. The minimum atomic E-state index is 0.370. The van der Waals surface area contributed by atoms with Crippen molar-refractivity contribution in [1.29, 1.82) is 0 Å². The highest BCUT2D eigenvalue weighted by Crippen LogP contribution is 2.64. The van der Waals surface area contributed by atoms with Gasteiger partial charge in [0.05, 0.1) is 6.04 Å². The molecule has 2 aliphatic carbocycles. The molecule has 2 atom stereocenters. The SMILES string of the molecule is CC1(C)C(N=C2NC3CCCC3CS2)C1(C)C. The second-order valence-electron chi connectivity index (χ2n) is 7.03. The maximum absolute atomic E-state index is 4.98. The Bertz CT molecular complexity index is 345. The Labute approximate surface area is 109 Å². The van der Waals surface area contributed by atoms with Gasteiger partial charge in [-0.15, -0.1) is 0 Å². The predicted molar refractivity (Wildman–Crippen MR) is 75.5 cm³/mol. The summed E-state index contributed by atoms with van der Waals surface area (Å²) in [6.07, 6.45) is 4.16. The highest BCUT2D eigenvalue weighted by atomic mass is 32.2. The zero-order valence-electron chi connectivity index (χ0n) is 11.4. The molecule has 0 aromatic carbocycles. The maximum atomic E-state index is 4.98. The van der Waals surface area contributed by atoms with E-state index < -0.39 is 0 Å². The van der Waals surface area contributed by atoms with E-state index in [1.165, 1.54) is 30.2 Å². The number of hydrogen-bond acceptors (Lipinski definition) is 2.